The fourth-order valence-electron chi connectivity index (χ4n) is 1.50. The molecular weight excluding hydrogens is 252 g/mol. The molecule has 98 valence electrons. The molecule has 0 aromatic heterocycles. The first-order chi connectivity index (χ1) is 8.49. The van der Waals surface area contributed by atoms with E-state index in [0.717, 1.165) is 5.56 Å². The molecule has 0 radical (unpaired) electrons. The molecule has 18 heavy (non-hydrogen) atoms. The zero-order valence-electron chi connectivity index (χ0n) is 10.5. The van der Waals surface area contributed by atoms with E-state index < -0.39 is 0 Å². The molecule has 1 rings (SSSR count). The Morgan fingerprint density at radius 1 is 1.28 bits per heavy atom. The Labute approximate surface area is 112 Å². The first-order valence-electron chi connectivity index (χ1n) is 5.78. The van der Waals surface area contributed by atoms with Crippen molar-refractivity contribution in [3.63, 3.8) is 0 Å². The van der Waals surface area contributed by atoms with E-state index in [1.165, 1.54) is 6.92 Å². The molecular formula is C13H17ClN2O2. The highest BCUT2D eigenvalue weighted by molar-refractivity contribution is 6.30. The number of carbonyl (C=O) groups is 2. The van der Waals surface area contributed by atoms with Gasteiger partial charge in [0.25, 0.3) is 0 Å². The van der Waals surface area contributed by atoms with Crippen molar-refractivity contribution in [2.75, 3.05) is 6.54 Å². The molecule has 0 aliphatic heterocycles. The monoisotopic (exact) mass is 268 g/mol. The van der Waals surface area contributed by atoms with Crippen molar-refractivity contribution in [2.24, 2.45) is 0 Å². The van der Waals surface area contributed by atoms with Crippen molar-refractivity contribution < 1.29 is 9.59 Å². The van der Waals surface area contributed by atoms with Crippen LogP contribution >= 0.6 is 11.6 Å². The van der Waals surface area contributed by atoms with E-state index >= 15 is 0 Å². The molecule has 0 spiro atoms. The van der Waals surface area contributed by atoms with Crippen LogP contribution in [0, 0.1) is 0 Å². The number of hydrogen-bond donors (Lipinski definition) is 2. The number of nitrogens with one attached hydrogen (secondary N) is 2. The van der Waals surface area contributed by atoms with Crippen LogP contribution in [0.3, 0.4) is 0 Å². The SMILES string of the molecule is CC(=O)NCCC(=O)NC(C)c1ccc(Cl)cc1. The molecule has 2 amide bonds. The first-order valence-corrected chi connectivity index (χ1v) is 6.16. The maximum absolute atomic E-state index is 11.6. The Kier molecular flexibility index (Phi) is 5.65. The lowest BCUT2D eigenvalue weighted by Gasteiger charge is -2.14. The third-order valence-corrected chi connectivity index (χ3v) is 2.73. The first kappa shape index (κ1) is 14.5. The van der Waals surface area contributed by atoms with Gasteiger partial charge in [0.1, 0.15) is 0 Å². The number of benzene rings is 1. The normalized spacial score (nSPS) is 11.7. The van der Waals surface area contributed by atoms with Gasteiger partial charge in [-0.25, -0.2) is 0 Å². The second-order valence-electron chi connectivity index (χ2n) is 4.07. The average Bonchev–Trinajstić information content (AvgIpc) is 2.29. The minimum absolute atomic E-state index is 0.0768. The summed E-state index contributed by atoms with van der Waals surface area (Å²) in [5, 5.41) is 6.11. The van der Waals surface area contributed by atoms with E-state index in [4.69, 9.17) is 11.6 Å². The van der Waals surface area contributed by atoms with Crippen LogP contribution in [0.25, 0.3) is 0 Å². The van der Waals surface area contributed by atoms with Crippen molar-refractivity contribution >= 4 is 23.4 Å². The Hall–Kier alpha value is -1.55. The summed E-state index contributed by atoms with van der Waals surface area (Å²) in [6, 6.07) is 7.25. The molecule has 0 saturated heterocycles. The molecule has 0 saturated carbocycles. The lowest BCUT2D eigenvalue weighted by atomic mass is 10.1. The van der Waals surface area contributed by atoms with E-state index in [-0.39, 0.29) is 24.3 Å². The minimum atomic E-state index is -0.131. The Bertz CT molecular complexity index is 418. The highest BCUT2D eigenvalue weighted by Crippen LogP contribution is 2.15. The van der Waals surface area contributed by atoms with E-state index in [1.807, 2.05) is 19.1 Å². The van der Waals surface area contributed by atoms with Crippen molar-refractivity contribution in [3.8, 4) is 0 Å². The van der Waals surface area contributed by atoms with Gasteiger partial charge >= 0.3 is 0 Å². The fraction of sp³-hybridized carbons (Fsp3) is 0.385. The predicted molar refractivity (Wildman–Crippen MR) is 71.3 cm³/mol. The molecule has 1 unspecified atom stereocenters. The standard InChI is InChI=1S/C13H17ClN2O2/c1-9(11-3-5-12(14)6-4-11)16-13(18)7-8-15-10(2)17/h3-6,9H,7-8H2,1-2H3,(H,15,17)(H,16,18). The summed E-state index contributed by atoms with van der Waals surface area (Å²) in [6.07, 6.45) is 0.275. The number of amides is 2. The van der Waals surface area contributed by atoms with Crippen LogP contribution in [0.1, 0.15) is 31.9 Å². The van der Waals surface area contributed by atoms with Crippen LogP contribution in [0.2, 0.25) is 5.02 Å². The highest BCUT2D eigenvalue weighted by Gasteiger charge is 2.09. The van der Waals surface area contributed by atoms with Crippen LogP contribution in [0.5, 0.6) is 0 Å². The summed E-state index contributed by atoms with van der Waals surface area (Å²) >= 11 is 5.79. The Morgan fingerprint density at radius 2 is 1.89 bits per heavy atom. The Balaban J connectivity index is 2.39. The van der Waals surface area contributed by atoms with E-state index in [1.54, 1.807) is 12.1 Å². The molecule has 1 aromatic carbocycles. The van der Waals surface area contributed by atoms with Crippen molar-refractivity contribution in [2.45, 2.75) is 26.3 Å². The molecule has 0 aliphatic carbocycles. The quantitative estimate of drug-likeness (QED) is 0.859. The molecule has 4 nitrogen and oxygen atoms in total. The number of halogens is 1. The van der Waals surface area contributed by atoms with Gasteiger partial charge in [0, 0.05) is 24.9 Å². The largest absolute Gasteiger partial charge is 0.356 e. The predicted octanol–water partition coefficient (Wildman–Crippen LogP) is 2.04. The molecule has 0 aliphatic rings. The van der Waals surface area contributed by atoms with Gasteiger partial charge < -0.3 is 10.6 Å². The van der Waals surface area contributed by atoms with Crippen LogP contribution in [-0.2, 0) is 9.59 Å². The van der Waals surface area contributed by atoms with Crippen LogP contribution in [0.15, 0.2) is 24.3 Å². The fourth-order valence-corrected chi connectivity index (χ4v) is 1.63. The van der Waals surface area contributed by atoms with E-state index in [9.17, 15) is 9.59 Å². The lowest BCUT2D eigenvalue weighted by Crippen LogP contribution is -2.31. The highest BCUT2D eigenvalue weighted by atomic mass is 35.5. The Morgan fingerprint density at radius 3 is 2.44 bits per heavy atom. The summed E-state index contributed by atoms with van der Waals surface area (Å²) in [5.41, 5.74) is 0.993. The minimum Gasteiger partial charge on any atom is -0.356 e. The van der Waals surface area contributed by atoms with Crippen molar-refractivity contribution in [1.29, 1.82) is 0 Å². The summed E-state index contributed by atoms with van der Waals surface area (Å²) in [6.45, 7) is 3.68. The summed E-state index contributed by atoms with van der Waals surface area (Å²) in [7, 11) is 0. The van der Waals surface area contributed by atoms with Crippen molar-refractivity contribution in [3.05, 3.63) is 34.9 Å². The zero-order chi connectivity index (χ0) is 13.5. The third kappa shape index (κ3) is 5.19. The molecule has 1 aromatic rings. The van der Waals surface area contributed by atoms with Gasteiger partial charge in [-0.1, -0.05) is 23.7 Å². The zero-order valence-corrected chi connectivity index (χ0v) is 11.3. The topological polar surface area (TPSA) is 58.2 Å². The van der Waals surface area contributed by atoms with Gasteiger partial charge in [-0.15, -0.1) is 0 Å². The van der Waals surface area contributed by atoms with Crippen LogP contribution in [0.4, 0.5) is 0 Å². The molecule has 5 heteroatoms. The van der Waals surface area contributed by atoms with Gasteiger partial charge in [0.15, 0.2) is 0 Å². The molecule has 2 N–H and O–H groups in total. The van der Waals surface area contributed by atoms with Gasteiger partial charge in [-0.3, -0.25) is 9.59 Å². The van der Waals surface area contributed by atoms with Gasteiger partial charge in [0.05, 0.1) is 6.04 Å². The summed E-state index contributed by atoms with van der Waals surface area (Å²) in [4.78, 5) is 22.2. The maximum Gasteiger partial charge on any atom is 0.222 e. The summed E-state index contributed by atoms with van der Waals surface area (Å²) in [5.74, 6) is -0.222. The third-order valence-electron chi connectivity index (χ3n) is 2.47. The van der Waals surface area contributed by atoms with Crippen molar-refractivity contribution in [1.82, 2.24) is 10.6 Å². The second-order valence-corrected chi connectivity index (χ2v) is 4.51. The smallest absolute Gasteiger partial charge is 0.222 e. The van der Waals surface area contributed by atoms with Crippen LogP contribution in [-0.4, -0.2) is 18.4 Å². The maximum atomic E-state index is 11.6. The molecule has 1 atom stereocenters. The molecule has 0 fully saturated rings. The number of carbonyl (C=O) groups excluding carboxylic acids is 2. The number of rotatable bonds is 5. The summed E-state index contributed by atoms with van der Waals surface area (Å²) < 4.78 is 0. The second kappa shape index (κ2) is 7.01. The molecule has 0 bridgehead atoms. The van der Waals surface area contributed by atoms with Gasteiger partial charge in [0.2, 0.25) is 11.8 Å². The number of hydrogen-bond acceptors (Lipinski definition) is 2. The average molecular weight is 269 g/mol. The molecule has 0 heterocycles. The van der Waals surface area contributed by atoms with E-state index in [2.05, 4.69) is 10.6 Å². The van der Waals surface area contributed by atoms with E-state index in [0.29, 0.717) is 11.6 Å². The van der Waals surface area contributed by atoms with Crippen LogP contribution < -0.4 is 10.6 Å². The van der Waals surface area contributed by atoms with Gasteiger partial charge in [-0.05, 0) is 24.6 Å². The lowest BCUT2D eigenvalue weighted by molar-refractivity contribution is -0.122. The van der Waals surface area contributed by atoms with Gasteiger partial charge in [-0.2, -0.15) is 0 Å².